The lowest BCUT2D eigenvalue weighted by Gasteiger charge is -2.22. The van der Waals surface area contributed by atoms with Gasteiger partial charge in [0.2, 0.25) is 0 Å². The average molecular weight is 442 g/mol. The number of anilines is 1. The first-order valence-corrected chi connectivity index (χ1v) is 10.1. The van der Waals surface area contributed by atoms with E-state index in [9.17, 15) is 4.79 Å². The van der Waals surface area contributed by atoms with Gasteiger partial charge in [-0.3, -0.25) is 14.4 Å². The molecule has 0 aliphatic carbocycles. The van der Waals surface area contributed by atoms with Gasteiger partial charge in [0, 0.05) is 18.8 Å². The lowest BCUT2D eigenvalue weighted by atomic mass is 10.3. The Morgan fingerprint density at radius 1 is 1.25 bits per heavy atom. The van der Waals surface area contributed by atoms with Crippen LogP contribution in [0.1, 0.15) is 36.8 Å². The van der Waals surface area contributed by atoms with Crippen LogP contribution in [0.3, 0.4) is 0 Å². The molecule has 9 heteroatoms. The zero-order valence-corrected chi connectivity index (χ0v) is 18.8. The van der Waals surface area contributed by atoms with Crippen LogP contribution >= 0.6 is 35.3 Å². The van der Waals surface area contributed by atoms with Gasteiger partial charge < -0.3 is 4.90 Å². The van der Waals surface area contributed by atoms with Gasteiger partial charge in [0.25, 0.3) is 5.91 Å². The lowest BCUT2D eigenvalue weighted by molar-refractivity contribution is 0.0974. The summed E-state index contributed by atoms with van der Waals surface area (Å²) in [4.78, 5) is 21.9. The number of rotatable bonds is 7. The van der Waals surface area contributed by atoms with Gasteiger partial charge in [0.1, 0.15) is 11.2 Å². The fraction of sp³-hybridized carbons (Fsp3) is 0.421. The van der Waals surface area contributed by atoms with Crippen molar-refractivity contribution >= 4 is 56.6 Å². The Morgan fingerprint density at radius 2 is 2.00 bits per heavy atom. The monoisotopic (exact) mass is 441 g/mol. The highest BCUT2D eigenvalue weighted by Crippen LogP contribution is 2.33. The molecule has 28 heavy (non-hydrogen) atoms. The van der Waals surface area contributed by atoms with Gasteiger partial charge >= 0.3 is 0 Å². The maximum Gasteiger partial charge on any atom is 0.278 e. The molecule has 6 nitrogen and oxygen atoms in total. The number of carbonyl (C=O) groups excluding carboxylic acids is 1. The van der Waals surface area contributed by atoms with Crippen LogP contribution in [0.5, 0.6) is 0 Å². The maximum absolute atomic E-state index is 13.4. The average Bonchev–Trinajstić information content (AvgIpc) is 3.25. The fourth-order valence-corrected chi connectivity index (χ4v) is 4.17. The molecule has 0 aliphatic rings. The van der Waals surface area contributed by atoms with Crippen molar-refractivity contribution < 1.29 is 4.79 Å². The Labute approximate surface area is 180 Å². The fourth-order valence-electron chi connectivity index (χ4n) is 2.88. The first kappa shape index (κ1) is 22.6. The smallest absolute Gasteiger partial charge is 0.278 e. The van der Waals surface area contributed by atoms with E-state index in [1.54, 1.807) is 21.8 Å². The molecule has 0 aliphatic heterocycles. The second-order valence-corrected chi connectivity index (χ2v) is 8.37. The highest BCUT2D eigenvalue weighted by Gasteiger charge is 2.25. The van der Waals surface area contributed by atoms with Gasteiger partial charge in [-0.25, -0.2) is 4.98 Å². The molecule has 0 unspecified atom stereocenters. The van der Waals surface area contributed by atoms with Crippen LogP contribution in [-0.2, 0) is 0 Å². The number of halogens is 2. The molecule has 152 valence electrons. The van der Waals surface area contributed by atoms with Crippen LogP contribution < -0.4 is 4.90 Å². The van der Waals surface area contributed by atoms with E-state index in [1.165, 1.54) is 11.3 Å². The summed E-state index contributed by atoms with van der Waals surface area (Å²) in [6.45, 7) is 5.49. The summed E-state index contributed by atoms with van der Waals surface area (Å²) in [7, 11) is 4.05. The summed E-state index contributed by atoms with van der Waals surface area (Å²) in [5, 5.41) is 5.57. The molecule has 0 radical (unpaired) electrons. The molecule has 0 saturated heterocycles. The molecule has 0 N–H and O–H groups in total. The Morgan fingerprint density at radius 3 is 2.64 bits per heavy atom. The molecule has 0 atom stereocenters. The molecule has 0 spiro atoms. The minimum atomic E-state index is -0.0878. The van der Waals surface area contributed by atoms with Crippen LogP contribution in [0.2, 0.25) is 5.02 Å². The van der Waals surface area contributed by atoms with Gasteiger partial charge in [0.05, 0.1) is 9.72 Å². The molecule has 1 aromatic carbocycles. The quantitative estimate of drug-likeness (QED) is 0.530. The van der Waals surface area contributed by atoms with Crippen molar-refractivity contribution in [3.63, 3.8) is 0 Å². The normalized spacial score (nSPS) is 11.2. The third-order valence-electron chi connectivity index (χ3n) is 4.20. The molecule has 0 saturated carbocycles. The predicted molar refractivity (Wildman–Crippen MR) is 119 cm³/mol. The van der Waals surface area contributed by atoms with Crippen molar-refractivity contribution in [1.29, 1.82) is 0 Å². The lowest BCUT2D eigenvalue weighted by Crippen LogP contribution is -2.35. The molecular formula is C19H25Cl2N5OS. The van der Waals surface area contributed by atoms with Crippen LogP contribution in [0.25, 0.3) is 10.2 Å². The van der Waals surface area contributed by atoms with Crippen LogP contribution in [0.4, 0.5) is 5.13 Å². The minimum absolute atomic E-state index is 0. The van der Waals surface area contributed by atoms with Crippen molar-refractivity contribution in [2.75, 3.05) is 32.1 Å². The number of nitrogens with zero attached hydrogens (tertiary/aromatic N) is 5. The third kappa shape index (κ3) is 4.84. The van der Waals surface area contributed by atoms with Crippen LogP contribution in [-0.4, -0.2) is 52.8 Å². The first-order chi connectivity index (χ1) is 12.9. The van der Waals surface area contributed by atoms with E-state index in [-0.39, 0.29) is 24.4 Å². The minimum Gasteiger partial charge on any atom is -0.309 e. The number of fused-ring (bicyclic) bond motifs is 1. The van der Waals surface area contributed by atoms with Gasteiger partial charge in [-0.15, -0.1) is 12.4 Å². The van der Waals surface area contributed by atoms with E-state index in [0.717, 1.165) is 23.2 Å². The van der Waals surface area contributed by atoms with E-state index < -0.39 is 0 Å². The van der Waals surface area contributed by atoms with E-state index in [4.69, 9.17) is 11.6 Å². The van der Waals surface area contributed by atoms with Crippen LogP contribution in [0.15, 0.2) is 30.5 Å². The molecule has 2 aromatic heterocycles. The third-order valence-corrected chi connectivity index (χ3v) is 5.55. The molecule has 3 rings (SSSR count). The number of hydrogen-bond donors (Lipinski definition) is 0. The Bertz CT molecular complexity index is 937. The van der Waals surface area contributed by atoms with Crippen molar-refractivity contribution in [3.8, 4) is 0 Å². The molecule has 0 fully saturated rings. The topological polar surface area (TPSA) is 54.3 Å². The SMILES string of the molecule is CC(C)n1nccc1C(=O)N(CCCN(C)C)c1nc2c(Cl)cccc2s1.Cl. The highest BCUT2D eigenvalue weighted by atomic mass is 35.5. The van der Waals surface area contributed by atoms with Crippen molar-refractivity contribution in [3.05, 3.63) is 41.2 Å². The second-order valence-electron chi connectivity index (χ2n) is 6.95. The number of benzene rings is 1. The Kier molecular flexibility index (Phi) is 7.83. The van der Waals surface area contributed by atoms with E-state index in [1.807, 2.05) is 46.1 Å². The molecule has 3 aromatic rings. The highest BCUT2D eigenvalue weighted by molar-refractivity contribution is 7.22. The number of thiazole rings is 1. The zero-order chi connectivity index (χ0) is 19.6. The van der Waals surface area contributed by atoms with Gasteiger partial charge in [-0.1, -0.05) is 29.0 Å². The molecule has 0 bridgehead atoms. The summed E-state index contributed by atoms with van der Waals surface area (Å²) in [5.41, 5.74) is 1.31. The number of aromatic nitrogens is 3. The van der Waals surface area contributed by atoms with Crippen molar-refractivity contribution in [2.45, 2.75) is 26.3 Å². The van der Waals surface area contributed by atoms with Crippen molar-refractivity contribution in [1.82, 2.24) is 19.7 Å². The molecular weight excluding hydrogens is 417 g/mol. The van der Waals surface area contributed by atoms with Crippen LogP contribution in [0, 0.1) is 0 Å². The number of hydrogen-bond acceptors (Lipinski definition) is 5. The van der Waals surface area contributed by atoms with Gasteiger partial charge in [0.15, 0.2) is 5.13 Å². The maximum atomic E-state index is 13.4. The summed E-state index contributed by atoms with van der Waals surface area (Å²) in [5.74, 6) is -0.0878. The summed E-state index contributed by atoms with van der Waals surface area (Å²) in [6, 6.07) is 7.57. The summed E-state index contributed by atoms with van der Waals surface area (Å²) < 4.78 is 2.72. The predicted octanol–water partition coefficient (Wildman–Crippen LogP) is 4.75. The van der Waals surface area contributed by atoms with Crippen molar-refractivity contribution in [2.24, 2.45) is 0 Å². The Balaban J connectivity index is 0.00000280. The number of para-hydroxylation sites is 1. The van der Waals surface area contributed by atoms with E-state index >= 15 is 0 Å². The zero-order valence-electron chi connectivity index (χ0n) is 16.4. The number of amides is 1. The summed E-state index contributed by atoms with van der Waals surface area (Å²) >= 11 is 7.77. The molecule has 2 heterocycles. The summed E-state index contributed by atoms with van der Waals surface area (Å²) in [6.07, 6.45) is 2.51. The number of carbonyl (C=O) groups is 1. The molecule has 1 amide bonds. The van der Waals surface area contributed by atoms with Gasteiger partial charge in [-0.2, -0.15) is 5.10 Å². The largest absolute Gasteiger partial charge is 0.309 e. The van der Waals surface area contributed by atoms with E-state index in [0.29, 0.717) is 22.4 Å². The Hall–Kier alpha value is -1.67. The van der Waals surface area contributed by atoms with E-state index in [2.05, 4.69) is 15.0 Å². The standard InChI is InChI=1S/C19H24ClN5OS.ClH/c1-13(2)25-15(9-10-21-25)18(26)24(12-6-11-23(3)4)19-22-17-14(20)7-5-8-16(17)27-19;/h5,7-10,13H,6,11-12H2,1-4H3;1H. The second kappa shape index (κ2) is 9.69. The van der Waals surface area contributed by atoms with Gasteiger partial charge in [-0.05, 0) is 59.1 Å². The first-order valence-electron chi connectivity index (χ1n) is 8.93.